The van der Waals surface area contributed by atoms with Gasteiger partial charge < -0.3 is 15.8 Å². The summed E-state index contributed by atoms with van der Waals surface area (Å²) < 4.78 is 4.73. The predicted octanol–water partition coefficient (Wildman–Crippen LogP) is 0.776. The zero-order valence-corrected chi connectivity index (χ0v) is 14.8. The number of urea groups is 1. The highest BCUT2D eigenvalue weighted by atomic mass is 16.5. The van der Waals surface area contributed by atoms with E-state index in [4.69, 9.17) is 10.5 Å². The van der Waals surface area contributed by atoms with Crippen LogP contribution in [0.4, 0.5) is 4.79 Å². The molecule has 3 amide bonds. The zero-order chi connectivity index (χ0) is 18.8. The molecule has 0 fully saturated rings. The fraction of sp³-hybridized carbons (Fsp3) is 0.471. The summed E-state index contributed by atoms with van der Waals surface area (Å²) in [6, 6.07) is 7.73. The highest BCUT2D eigenvalue weighted by Gasteiger charge is 2.26. The Hall–Kier alpha value is -2.61. The van der Waals surface area contributed by atoms with E-state index in [2.05, 4.69) is 10.7 Å². The minimum atomic E-state index is -0.800. The Morgan fingerprint density at radius 2 is 1.84 bits per heavy atom. The average Bonchev–Trinajstić information content (AvgIpc) is 2.60. The van der Waals surface area contributed by atoms with Crippen LogP contribution in [-0.2, 0) is 20.9 Å². The molecular formula is C17H26N4O4. The van der Waals surface area contributed by atoms with E-state index in [1.807, 2.05) is 44.2 Å². The molecule has 0 spiro atoms. The van der Waals surface area contributed by atoms with Crippen molar-refractivity contribution in [3.63, 3.8) is 0 Å². The van der Waals surface area contributed by atoms with Crippen molar-refractivity contribution >= 4 is 17.9 Å². The molecule has 0 saturated carbocycles. The Balaban J connectivity index is 2.88. The second kappa shape index (κ2) is 10.3. The second-order valence-corrected chi connectivity index (χ2v) is 5.97. The van der Waals surface area contributed by atoms with Crippen LogP contribution >= 0.6 is 0 Å². The number of ether oxygens (including phenoxy) is 1. The summed E-state index contributed by atoms with van der Waals surface area (Å²) in [5, 5.41) is 3.70. The fourth-order valence-corrected chi connectivity index (χ4v) is 2.18. The highest BCUT2D eigenvalue weighted by molar-refractivity contribution is 5.86. The van der Waals surface area contributed by atoms with Crippen LogP contribution < -0.4 is 16.5 Å². The Bertz CT molecular complexity index is 577. The van der Waals surface area contributed by atoms with Gasteiger partial charge in [-0.2, -0.15) is 0 Å². The standard InChI is InChI=1S/C17H26N4O4/c1-12(2)9-14(16(23)25-3)19-17(24)21(20-15(22)10-18)11-13-7-5-4-6-8-13/h4-8,12,14H,9-11,18H2,1-3H3,(H,19,24)(H,20,22)/t14-/m0/s1. The molecule has 0 heterocycles. The monoisotopic (exact) mass is 350 g/mol. The van der Waals surface area contributed by atoms with Crippen molar-refractivity contribution in [3.8, 4) is 0 Å². The summed E-state index contributed by atoms with van der Waals surface area (Å²) >= 11 is 0. The van der Waals surface area contributed by atoms with E-state index in [0.29, 0.717) is 6.42 Å². The lowest BCUT2D eigenvalue weighted by Gasteiger charge is -2.26. The lowest BCUT2D eigenvalue weighted by atomic mass is 10.0. The molecule has 1 atom stereocenters. The molecule has 1 aromatic rings. The maximum atomic E-state index is 12.6. The van der Waals surface area contributed by atoms with Gasteiger partial charge in [0.05, 0.1) is 20.2 Å². The molecule has 138 valence electrons. The molecular weight excluding hydrogens is 324 g/mol. The Morgan fingerprint density at radius 1 is 1.20 bits per heavy atom. The molecule has 4 N–H and O–H groups in total. The summed E-state index contributed by atoms with van der Waals surface area (Å²) in [4.78, 5) is 36.1. The smallest absolute Gasteiger partial charge is 0.337 e. The molecule has 0 aliphatic heterocycles. The van der Waals surface area contributed by atoms with Crippen molar-refractivity contribution < 1.29 is 19.1 Å². The summed E-state index contributed by atoms with van der Waals surface area (Å²) in [6.45, 7) is 3.74. The number of hydrogen-bond donors (Lipinski definition) is 3. The molecule has 8 nitrogen and oxygen atoms in total. The van der Waals surface area contributed by atoms with Crippen LogP contribution in [0.5, 0.6) is 0 Å². The first-order valence-corrected chi connectivity index (χ1v) is 8.06. The van der Waals surface area contributed by atoms with Crippen molar-refractivity contribution in [2.24, 2.45) is 11.7 Å². The van der Waals surface area contributed by atoms with E-state index in [1.165, 1.54) is 7.11 Å². The molecule has 0 radical (unpaired) electrons. The maximum absolute atomic E-state index is 12.6. The Morgan fingerprint density at radius 3 is 2.36 bits per heavy atom. The van der Waals surface area contributed by atoms with Crippen LogP contribution in [-0.4, -0.2) is 42.6 Å². The molecule has 0 saturated heterocycles. The number of hydrogen-bond acceptors (Lipinski definition) is 5. The number of rotatable bonds is 7. The van der Waals surface area contributed by atoms with Crippen molar-refractivity contribution in [2.75, 3.05) is 13.7 Å². The molecule has 0 aromatic heterocycles. The van der Waals surface area contributed by atoms with Crippen LogP contribution in [0.1, 0.15) is 25.8 Å². The molecule has 0 aliphatic rings. The molecule has 1 aromatic carbocycles. The maximum Gasteiger partial charge on any atom is 0.337 e. The van der Waals surface area contributed by atoms with E-state index >= 15 is 0 Å². The Labute approximate surface area is 147 Å². The van der Waals surface area contributed by atoms with Gasteiger partial charge in [0.2, 0.25) is 0 Å². The van der Waals surface area contributed by atoms with Gasteiger partial charge in [0.15, 0.2) is 0 Å². The van der Waals surface area contributed by atoms with Crippen LogP contribution in [0.15, 0.2) is 30.3 Å². The number of nitrogens with zero attached hydrogens (tertiary/aromatic N) is 1. The minimum absolute atomic E-state index is 0.133. The molecule has 25 heavy (non-hydrogen) atoms. The third-order valence-corrected chi connectivity index (χ3v) is 3.36. The van der Waals surface area contributed by atoms with Gasteiger partial charge in [-0.05, 0) is 17.9 Å². The van der Waals surface area contributed by atoms with E-state index in [1.54, 1.807) is 0 Å². The number of nitrogens with one attached hydrogen (secondary N) is 2. The van der Waals surface area contributed by atoms with Crippen LogP contribution in [0.3, 0.4) is 0 Å². The average molecular weight is 350 g/mol. The van der Waals surface area contributed by atoms with Crippen LogP contribution in [0.25, 0.3) is 0 Å². The largest absolute Gasteiger partial charge is 0.467 e. The SMILES string of the molecule is COC(=O)[C@H](CC(C)C)NC(=O)N(Cc1ccccc1)NC(=O)CN. The van der Waals surface area contributed by atoms with Crippen LogP contribution in [0.2, 0.25) is 0 Å². The summed E-state index contributed by atoms with van der Waals surface area (Å²) in [5.74, 6) is -0.873. The van der Waals surface area contributed by atoms with Gasteiger partial charge in [0.25, 0.3) is 5.91 Å². The number of methoxy groups -OCH3 is 1. The number of hydrazine groups is 1. The predicted molar refractivity (Wildman–Crippen MR) is 93.0 cm³/mol. The number of esters is 1. The van der Waals surface area contributed by atoms with Crippen molar-refractivity contribution in [3.05, 3.63) is 35.9 Å². The third-order valence-electron chi connectivity index (χ3n) is 3.36. The number of amides is 3. The van der Waals surface area contributed by atoms with Gasteiger partial charge in [0.1, 0.15) is 6.04 Å². The lowest BCUT2D eigenvalue weighted by molar-refractivity contribution is -0.143. The third kappa shape index (κ3) is 7.21. The second-order valence-electron chi connectivity index (χ2n) is 5.97. The van der Waals surface area contributed by atoms with Crippen molar-refractivity contribution in [1.82, 2.24) is 15.8 Å². The normalized spacial score (nSPS) is 11.6. The van der Waals surface area contributed by atoms with E-state index in [-0.39, 0.29) is 19.0 Å². The number of nitrogens with two attached hydrogens (primary N) is 1. The van der Waals surface area contributed by atoms with Gasteiger partial charge in [0, 0.05) is 0 Å². The van der Waals surface area contributed by atoms with Gasteiger partial charge in [-0.1, -0.05) is 44.2 Å². The van der Waals surface area contributed by atoms with Gasteiger partial charge >= 0.3 is 12.0 Å². The quantitative estimate of drug-likeness (QED) is 0.497. The first-order valence-electron chi connectivity index (χ1n) is 8.06. The summed E-state index contributed by atoms with van der Waals surface area (Å²) in [7, 11) is 1.26. The lowest BCUT2D eigenvalue weighted by Crippen LogP contribution is -2.55. The molecule has 1 rings (SSSR count). The number of carbonyl (C=O) groups is 3. The first kappa shape index (κ1) is 20.4. The minimum Gasteiger partial charge on any atom is -0.467 e. The zero-order valence-electron chi connectivity index (χ0n) is 14.8. The summed E-state index contributed by atoms with van der Waals surface area (Å²) in [6.07, 6.45) is 0.419. The van der Waals surface area contributed by atoms with Crippen molar-refractivity contribution in [2.45, 2.75) is 32.9 Å². The summed E-state index contributed by atoms with van der Waals surface area (Å²) in [5.41, 5.74) is 8.56. The molecule has 0 unspecified atom stereocenters. The van der Waals surface area contributed by atoms with E-state index in [9.17, 15) is 14.4 Å². The topological polar surface area (TPSA) is 114 Å². The fourth-order valence-electron chi connectivity index (χ4n) is 2.18. The van der Waals surface area contributed by atoms with Gasteiger partial charge in [-0.15, -0.1) is 0 Å². The number of carbonyl (C=O) groups excluding carboxylic acids is 3. The van der Waals surface area contributed by atoms with Crippen LogP contribution in [0, 0.1) is 5.92 Å². The molecule has 0 aliphatic carbocycles. The highest BCUT2D eigenvalue weighted by Crippen LogP contribution is 2.08. The van der Waals surface area contributed by atoms with Gasteiger partial charge in [-0.25, -0.2) is 14.6 Å². The molecule has 8 heteroatoms. The van der Waals surface area contributed by atoms with Crippen molar-refractivity contribution in [1.29, 1.82) is 0 Å². The van der Waals surface area contributed by atoms with Gasteiger partial charge in [-0.3, -0.25) is 10.2 Å². The van der Waals surface area contributed by atoms with E-state index in [0.717, 1.165) is 10.6 Å². The number of benzene rings is 1. The molecule has 0 bridgehead atoms. The Kier molecular flexibility index (Phi) is 8.42. The van der Waals surface area contributed by atoms with E-state index < -0.39 is 23.9 Å². The first-order chi connectivity index (χ1) is 11.9.